The average Bonchev–Trinajstić information content (AvgIpc) is 4.02. The number of rotatable bonds is 4. The van der Waals surface area contributed by atoms with Crippen LogP contribution in [0.4, 0.5) is 11.5 Å². The van der Waals surface area contributed by atoms with Gasteiger partial charge in [-0.05, 0) is 60.2 Å². The maximum absolute atomic E-state index is 5.56. The summed E-state index contributed by atoms with van der Waals surface area (Å²) in [5.41, 5.74) is 9.22. The quantitative estimate of drug-likeness (QED) is 0.180. The molecule has 0 saturated heterocycles. The van der Waals surface area contributed by atoms with Gasteiger partial charge in [0.05, 0.1) is 39.1 Å². The number of hydrogen-bond donors (Lipinski definition) is 0. The van der Waals surface area contributed by atoms with Crippen molar-refractivity contribution in [2.75, 3.05) is 4.90 Å². The Morgan fingerprint density at radius 2 is 0.776 bits per heavy atom. The second-order valence-corrected chi connectivity index (χ2v) is 15.4. The predicted molar refractivity (Wildman–Crippen MR) is 238 cm³/mol. The minimum Gasteiger partial charge on any atom is -0.318 e. The van der Waals surface area contributed by atoms with Crippen molar-refractivity contribution in [2.45, 2.75) is 12.0 Å². The van der Waals surface area contributed by atoms with Crippen molar-refractivity contribution in [1.29, 1.82) is 0 Å². The minimum absolute atomic E-state index is 0.158. The molecule has 0 radical (unpaired) electrons. The Bertz CT molecular complexity index is 3510. The third kappa shape index (κ3) is 4.26. The Balaban J connectivity index is 1.09. The molecule has 6 heterocycles. The fourth-order valence-electron chi connectivity index (χ4n) is 10.0. The van der Waals surface area contributed by atoms with Crippen molar-refractivity contribution in [3.05, 3.63) is 200 Å². The summed E-state index contributed by atoms with van der Waals surface area (Å²) in [5, 5.41) is 7.13. The maximum Gasteiger partial charge on any atom is 0.140 e. The van der Waals surface area contributed by atoms with E-state index >= 15 is 0 Å². The topological polar surface area (TPSA) is 43.8 Å². The van der Waals surface area contributed by atoms with E-state index in [1.807, 2.05) is 0 Å². The highest BCUT2D eigenvalue weighted by atomic mass is 15.3. The van der Waals surface area contributed by atoms with Gasteiger partial charge in [0, 0.05) is 43.9 Å². The van der Waals surface area contributed by atoms with Crippen LogP contribution in [0, 0.1) is 0 Å². The second-order valence-electron chi connectivity index (χ2n) is 15.4. The minimum atomic E-state index is 0.158. The van der Waals surface area contributed by atoms with E-state index in [0.29, 0.717) is 0 Å². The van der Waals surface area contributed by atoms with Crippen LogP contribution < -0.4 is 4.90 Å². The average molecular weight is 743 g/mol. The van der Waals surface area contributed by atoms with E-state index in [1.54, 1.807) is 0 Å². The van der Waals surface area contributed by atoms with Gasteiger partial charge in [0.15, 0.2) is 0 Å². The fraction of sp³-hybridized carbons (Fsp3) is 0.0385. The molecule has 272 valence electrons. The van der Waals surface area contributed by atoms with E-state index in [9.17, 15) is 0 Å². The van der Waals surface area contributed by atoms with Gasteiger partial charge in [-0.2, -0.15) is 0 Å². The number of para-hydroxylation sites is 5. The van der Waals surface area contributed by atoms with Crippen LogP contribution in [-0.4, -0.2) is 29.7 Å². The van der Waals surface area contributed by atoms with Crippen molar-refractivity contribution in [1.82, 2.24) is 23.7 Å². The van der Waals surface area contributed by atoms with E-state index in [-0.39, 0.29) is 12.0 Å². The maximum atomic E-state index is 5.56. The standard InChI is InChI=1S/C52H34N6/c1-7-21-41-33(15-1)34-16-2-8-22-42(34)55(41)47-27-13-29-49(53-47)57-45-25-11-5-19-37(45)39-31-32-40-38-20-6-12-26-46(38)58(52(40)51(39)57)50-30-14-28-48(54-50)56-43-23-9-3-17-35(43)36-18-4-10-24-44(36)56/h1-33,41H. The molecule has 5 aromatic heterocycles. The summed E-state index contributed by atoms with van der Waals surface area (Å²) in [7, 11) is 0. The molecule has 0 amide bonds. The molecule has 6 heteroatoms. The number of fused-ring (bicyclic) bond motifs is 13. The third-order valence-electron chi connectivity index (χ3n) is 12.4. The monoisotopic (exact) mass is 742 g/mol. The summed E-state index contributed by atoms with van der Waals surface area (Å²) in [4.78, 5) is 13.5. The summed E-state index contributed by atoms with van der Waals surface area (Å²) in [6, 6.07) is 61.0. The summed E-state index contributed by atoms with van der Waals surface area (Å²) in [5.74, 6) is 3.81. The second kappa shape index (κ2) is 11.9. The fourth-order valence-corrected chi connectivity index (χ4v) is 10.0. The summed E-state index contributed by atoms with van der Waals surface area (Å²) in [6.07, 6.45) is 8.96. The Hall–Kier alpha value is -7.70. The Kier molecular flexibility index (Phi) is 6.46. The van der Waals surface area contributed by atoms with Crippen molar-refractivity contribution in [3.63, 3.8) is 0 Å². The molecule has 2 aliphatic rings. The predicted octanol–water partition coefficient (Wildman–Crippen LogP) is 12.5. The molecule has 13 rings (SSSR count). The summed E-state index contributed by atoms with van der Waals surface area (Å²) >= 11 is 0. The largest absolute Gasteiger partial charge is 0.318 e. The molecule has 1 aliphatic carbocycles. The first-order valence-electron chi connectivity index (χ1n) is 19.9. The zero-order valence-electron chi connectivity index (χ0n) is 31.3. The van der Waals surface area contributed by atoms with Crippen LogP contribution in [0.25, 0.3) is 82.9 Å². The Labute approximate surface area is 333 Å². The van der Waals surface area contributed by atoms with E-state index in [4.69, 9.17) is 9.97 Å². The molecule has 0 spiro atoms. The first-order chi connectivity index (χ1) is 28.8. The van der Waals surface area contributed by atoms with Gasteiger partial charge in [-0.3, -0.25) is 13.7 Å². The van der Waals surface area contributed by atoms with Crippen molar-refractivity contribution >= 4 is 76.9 Å². The van der Waals surface area contributed by atoms with Gasteiger partial charge in [-0.25, -0.2) is 9.97 Å². The van der Waals surface area contributed by atoms with Crippen LogP contribution in [0.5, 0.6) is 0 Å². The molecule has 58 heavy (non-hydrogen) atoms. The molecule has 0 bridgehead atoms. The lowest BCUT2D eigenvalue weighted by atomic mass is 9.91. The first kappa shape index (κ1) is 31.5. The molecular formula is C52H34N6. The number of allylic oxidation sites excluding steroid dienone is 2. The molecule has 2 atom stereocenters. The lowest BCUT2D eigenvalue weighted by molar-refractivity contribution is 0.737. The van der Waals surface area contributed by atoms with Crippen molar-refractivity contribution < 1.29 is 0 Å². The van der Waals surface area contributed by atoms with Gasteiger partial charge in [-0.1, -0.05) is 140 Å². The Morgan fingerprint density at radius 1 is 0.345 bits per heavy atom. The smallest absolute Gasteiger partial charge is 0.140 e. The molecular weight excluding hydrogens is 709 g/mol. The number of benzene rings is 6. The van der Waals surface area contributed by atoms with Crippen molar-refractivity contribution in [3.8, 4) is 17.5 Å². The molecule has 2 unspecified atom stereocenters. The lowest BCUT2D eigenvalue weighted by Crippen LogP contribution is -2.29. The number of pyridine rings is 2. The highest BCUT2D eigenvalue weighted by Crippen LogP contribution is 2.48. The van der Waals surface area contributed by atoms with Gasteiger partial charge >= 0.3 is 0 Å². The lowest BCUT2D eigenvalue weighted by Gasteiger charge is -2.28. The first-order valence-corrected chi connectivity index (χ1v) is 19.9. The molecule has 6 nitrogen and oxygen atoms in total. The van der Waals surface area contributed by atoms with Crippen LogP contribution in [-0.2, 0) is 0 Å². The molecule has 11 aromatic rings. The molecule has 0 N–H and O–H groups in total. The van der Waals surface area contributed by atoms with Gasteiger partial charge in [0.2, 0.25) is 0 Å². The summed E-state index contributed by atoms with van der Waals surface area (Å²) < 4.78 is 7.03. The molecule has 6 aromatic carbocycles. The van der Waals surface area contributed by atoms with E-state index in [2.05, 4.69) is 213 Å². The Morgan fingerprint density at radius 3 is 1.36 bits per heavy atom. The number of aromatic nitrogens is 5. The van der Waals surface area contributed by atoms with Gasteiger partial charge in [-0.15, -0.1) is 0 Å². The van der Waals surface area contributed by atoms with Crippen LogP contribution in [0.1, 0.15) is 11.5 Å². The number of nitrogens with zero attached hydrogens (tertiary/aromatic N) is 6. The van der Waals surface area contributed by atoms with Crippen LogP contribution in [0.3, 0.4) is 0 Å². The van der Waals surface area contributed by atoms with Crippen LogP contribution in [0.15, 0.2) is 194 Å². The van der Waals surface area contributed by atoms with E-state index in [1.165, 1.54) is 43.6 Å². The van der Waals surface area contributed by atoms with E-state index in [0.717, 1.165) is 56.4 Å². The molecule has 0 saturated carbocycles. The van der Waals surface area contributed by atoms with Crippen LogP contribution in [0.2, 0.25) is 0 Å². The third-order valence-corrected chi connectivity index (χ3v) is 12.4. The van der Waals surface area contributed by atoms with Crippen molar-refractivity contribution in [2.24, 2.45) is 0 Å². The zero-order chi connectivity index (χ0) is 37.9. The number of hydrogen-bond acceptors (Lipinski definition) is 3. The van der Waals surface area contributed by atoms with Gasteiger partial charge in [0.1, 0.15) is 23.3 Å². The van der Waals surface area contributed by atoms with E-state index < -0.39 is 0 Å². The van der Waals surface area contributed by atoms with Gasteiger partial charge < -0.3 is 4.90 Å². The molecule has 0 fully saturated rings. The molecule has 1 aliphatic heterocycles. The zero-order valence-corrected chi connectivity index (χ0v) is 31.3. The SMILES string of the molecule is C1=CC2c3ccccc3N(c3cccc(-n4c5ccccc5c5ccc6c7ccccc7n(-c7cccc(-n8c9ccccc9c9ccccc98)n7)c6c54)n3)C2C=C1. The highest BCUT2D eigenvalue weighted by molar-refractivity contribution is 6.23. The normalized spacial score (nSPS) is 16.1. The highest BCUT2D eigenvalue weighted by Gasteiger charge is 2.38. The number of anilines is 2. The van der Waals surface area contributed by atoms with Gasteiger partial charge in [0.25, 0.3) is 0 Å². The summed E-state index contributed by atoms with van der Waals surface area (Å²) in [6.45, 7) is 0. The van der Waals surface area contributed by atoms with Crippen LogP contribution >= 0.6 is 0 Å².